The molecule has 132 valence electrons. The van der Waals surface area contributed by atoms with Gasteiger partial charge in [0.2, 0.25) is 5.91 Å². The maximum atomic E-state index is 12.3. The van der Waals surface area contributed by atoms with Crippen molar-refractivity contribution >= 4 is 46.4 Å². The monoisotopic (exact) mass is 396 g/mol. The van der Waals surface area contributed by atoms with E-state index in [4.69, 9.17) is 23.2 Å². The van der Waals surface area contributed by atoms with E-state index in [0.717, 1.165) is 17.7 Å². The summed E-state index contributed by atoms with van der Waals surface area (Å²) in [5, 5.41) is 5.78. The van der Waals surface area contributed by atoms with Crippen molar-refractivity contribution in [2.45, 2.75) is 25.3 Å². The molecule has 1 aliphatic rings. The number of carbonyl (C=O) groups is 2. The Morgan fingerprint density at radius 2 is 1.92 bits per heavy atom. The average molecular weight is 397 g/mol. The number of benzene rings is 1. The molecule has 1 N–H and O–H groups in total. The number of hydrogen-bond donors (Lipinski definition) is 1. The quantitative estimate of drug-likeness (QED) is 0.847. The summed E-state index contributed by atoms with van der Waals surface area (Å²) in [7, 11) is 0. The lowest BCUT2D eigenvalue weighted by molar-refractivity contribution is -0.131. The predicted molar refractivity (Wildman–Crippen MR) is 102 cm³/mol. The second-order valence-electron chi connectivity index (χ2n) is 6.01. The van der Waals surface area contributed by atoms with Gasteiger partial charge in [-0.1, -0.05) is 29.3 Å². The summed E-state index contributed by atoms with van der Waals surface area (Å²) < 4.78 is 0. The molecule has 0 unspecified atom stereocenters. The van der Waals surface area contributed by atoms with E-state index in [9.17, 15) is 9.59 Å². The number of thiophene rings is 1. The van der Waals surface area contributed by atoms with E-state index in [2.05, 4.69) is 5.32 Å². The highest BCUT2D eigenvalue weighted by Crippen LogP contribution is 2.23. The number of nitrogens with zero attached hydrogens (tertiary/aromatic N) is 1. The van der Waals surface area contributed by atoms with Crippen molar-refractivity contribution in [2.75, 3.05) is 13.1 Å². The molecule has 0 saturated carbocycles. The van der Waals surface area contributed by atoms with E-state index in [-0.39, 0.29) is 17.9 Å². The summed E-state index contributed by atoms with van der Waals surface area (Å²) in [4.78, 5) is 27.6. The highest BCUT2D eigenvalue weighted by atomic mass is 35.5. The van der Waals surface area contributed by atoms with E-state index < -0.39 is 0 Å². The molecule has 1 fully saturated rings. The number of carbonyl (C=O) groups excluding carboxylic acids is 2. The first-order chi connectivity index (χ1) is 12.0. The molecule has 7 heteroatoms. The zero-order chi connectivity index (χ0) is 17.8. The number of hydrogen-bond acceptors (Lipinski definition) is 3. The third-order valence-corrected chi connectivity index (χ3v) is 5.89. The first kappa shape index (κ1) is 18.2. The lowest BCUT2D eigenvalue weighted by Gasteiger charge is -2.32. The van der Waals surface area contributed by atoms with Crippen molar-refractivity contribution in [3.05, 3.63) is 56.2 Å². The van der Waals surface area contributed by atoms with Crippen molar-refractivity contribution in [3.8, 4) is 0 Å². The number of likely N-dealkylation sites (tertiary alicyclic amines) is 1. The van der Waals surface area contributed by atoms with Crippen LogP contribution < -0.4 is 5.32 Å². The van der Waals surface area contributed by atoms with Gasteiger partial charge in [0.05, 0.1) is 16.5 Å². The second-order valence-corrected chi connectivity index (χ2v) is 7.86. The van der Waals surface area contributed by atoms with E-state index in [1.165, 1.54) is 0 Å². The van der Waals surface area contributed by atoms with Gasteiger partial charge < -0.3 is 10.2 Å². The normalized spacial score (nSPS) is 15.2. The minimum absolute atomic E-state index is 0.0627. The minimum atomic E-state index is -0.165. The number of nitrogens with one attached hydrogen (secondary N) is 1. The van der Waals surface area contributed by atoms with Gasteiger partial charge in [-0.05, 0) is 42.5 Å². The zero-order valence-electron chi connectivity index (χ0n) is 13.5. The lowest BCUT2D eigenvalue weighted by Crippen LogP contribution is -2.46. The van der Waals surface area contributed by atoms with Crippen LogP contribution in [0.1, 0.15) is 28.1 Å². The first-order valence-corrected chi connectivity index (χ1v) is 9.72. The molecule has 0 atom stereocenters. The Bertz CT molecular complexity index is 756. The average Bonchev–Trinajstić information content (AvgIpc) is 3.11. The molecule has 0 radical (unpaired) electrons. The number of piperidine rings is 1. The molecule has 1 aromatic carbocycles. The van der Waals surface area contributed by atoms with Crippen molar-refractivity contribution < 1.29 is 9.59 Å². The summed E-state index contributed by atoms with van der Waals surface area (Å²) in [5.41, 5.74) is 0.491. The lowest BCUT2D eigenvalue weighted by atomic mass is 10.0. The first-order valence-electron chi connectivity index (χ1n) is 8.09. The van der Waals surface area contributed by atoms with Gasteiger partial charge in [0.1, 0.15) is 0 Å². The van der Waals surface area contributed by atoms with Crippen molar-refractivity contribution in [3.63, 3.8) is 0 Å². The summed E-state index contributed by atoms with van der Waals surface area (Å²) in [6.07, 6.45) is 1.96. The highest BCUT2D eigenvalue weighted by Gasteiger charge is 2.24. The van der Waals surface area contributed by atoms with Crippen LogP contribution in [0.5, 0.6) is 0 Å². The molecule has 25 heavy (non-hydrogen) atoms. The molecule has 1 aromatic heterocycles. The molecule has 2 amide bonds. The molecule has 2 aromatic rings. The van der Waals surface area contributed by atoms with E-state index >= 15 is 0 Å². The van der Waals surface area contributed by atoms with Crippen LogP contribution in [0, 0.1) is 0 Å². The highest BCUT2D eigenvalue weighted by molar-refractivity contribution is 7.10. The Morgan fingerprint density at radius 1 is 1.16 bits per heavy atom. The van der Waals surface area contributed by atoms with Gasteiger partial charge in [-0.2, -0.15) is 0 Å². The fraction of sp³-hybridized carbons (Fsp3) is 0.333. The molecule has 4 nitrogen and oxygen atoms in total. The maximum Gasteiger partial charge on any atom is 0.251 e. The largest absolute Gasteiger partial charge is 0.349 e. The molecule has 2 heterocycles. The van der Waals surface area contributed by atoms with Crippen LogP contribution in [-0.2, 0) is 11.2 Å². The predicted octanol–water partition coefficient (Wildman–Crippen LogP) is 4.02. The van der Waals surface area contributed by atoms with Crippen LogP contribution in [0.2, 0.25) is 10.0 Å². The van der Waals surface area contributed by atoms with Crippen molar-refractivity contribution in [2.24, 2.45) is 0 Å². The Morgan fingerprint density at radius 3 is 2.56 bits per heavy atom. The summed E-state index contributed by atoms with van der Waals surface area (Å²) in [6.45, 7) is 1.33. The topological polar surface area (TPSA) is 49.4 Å². The third kappa shape index (κ3) is 4.75. The van der Waals surface area contributed by atoms with Crippen LogP contribution in [-0.4, -0.2) is 35.8 Å². The molecule has 1 saturated heterocycles. The Kier molecular flexibility index (Phi) is 5.99. The van der Waals surface area contributed by atoms with Crippen LogP contribution in [0.25, 0.3) is 0 Å². The smallest absolute Gasteiger partial charge is 0.251 e. The Hall–Kier alpha value is -1.56. The maximum absolute atomic E-state index is 12.3. The number of halogens is 2. The molecule has 1 aliphatic heterocycles. The van der Waals surface area contributed by atoms with Gasteiger partial charge in [-0.3, -0.25) is 9.59 Å². The van der Waals surface area contributed by atoms with Crippen LogP contribution in [0.3, 0.4) is 0 Å². The van der Waals surface area contributed by atoms with Gasteiger partial charge in [0.15, 0.2) is 0 Å². The standard InChI is InChI=1S/C18H18Cl2N2O2S/c19-15-4-3-12(10-16(15)20)18(24)21-13-5-7-22(8-6-13)17(23)11-14-2-1-9-25-14/h1-4,9-10,13H,5-8,11H2,(H,21,24). The number of amides is 2. The van der Waals surface area contributed by atoms with E-state index in [0.29, 0.717) is 35.1 Å². The fourth-order valence-electron chi connectivity index (χ4n) is 2.85. The van der Waals surface area contributed by atoms with Gasteiger partial charge in [0.25, 0.3) is 5.91 Å². The Labute approximate surface area is 160 Å². The van der Waals surface area contributed by atoms with Gasteiger partial charge in [-0.15, -0.1) is 11.3 Å². The summed E-state index contributed by atoms with van der Waals surface area (Å²) >= 11 is 13.4. The summed E-state index contributed by atoms with van der Waals surface area (Å²) in [6, 6.07) is 8.84. The van der Waals surface area contributed by atoms with Gasteiger partial charge in [0, 0.05) is 29.6 Å². The van der Waals surface area contributed by atoms with Gasteiger partial charge in [-0.25, -0.2) is 0 Å². The molecular weight excluding hydrogens is 379 g/mol. The second kappa shape index (κ2) is 8.21. The third-order valence-electron chi connectivity index (χ3n) is 4.27. The number of rotatable bonds is 4. The fourth-order valence-corrected chi connectivity index (χ4v) is 3.85. The van der Waals surface area contributed by atoms with Crippen molar-refractivity contribution in [1.29, 1.82) is 0 Å². The zero-order valence-corrected chi connectivity index (χ0v) is 15.8. The van der Waals surface area contributed by atoms with E-state index in [1.807, 2.05) is 22.4 Å². The molecule has 0 aliphatic carbocycles. The molecule has 3 rings (SSSR count). The minimum Gasteiger partial charge on any atom is -0.349 e. The van der Waals surface area contributed by atoms with Gasteiger partial charge >= 0.3 is 0 Å². The van der Waals surface area contributed by atoms with E-state index in [1.54, 1.807) is 29.5 Å². The van der Waals surface area contributed by atoms with Crippen molar-refractivity contribution in [1.82, 2.24) is 10.2 Å². The molecular formula is C18H18Cl2N2O2S. The summed E-state index contributed by atoms with van der Waals surface area (Å²) in [5.74, 6) is -0.0151. The van der Waals surface area contributed by atoms with Crippen LogP contribution in [0.4, 0.5) is 0 Å². The Balaban J connectivity index is 1.49. The molecule has 0 spiro atoms. The molecule has 0 bridgehead atoms. The van der Waals surface area contributed by atoms with Crippen LogP contribution >= 0.6 is 34.5 Å². The SMILES string of the molecule is O=C(NC1CCN(C(=O)Cc2cccs2)CC1)c1ccc(Cl)c(Cl)c1. The van der Waals surface area contributed by atoms with Crippen LogP contribution in [0.15, 0.2) is 35.7 Å².